The van der Waals surface area contributed by atoms with Crippen LogP contribution in [0.15, 0.2) is 11.6 Å². The van der Waals surface area contributed by atoms with Crippen molar-refractivity contribution in [1.82, 2.24) is 15.3 Å². The van der Waals surface area contributed by atoms with Crippen LogP contribution in [0.25, 0.3) is 0 Å². The minimum absolute atomic E-state index is 0.386. The van der Waals surface area contributed by atoms with Crippen molar-refractivity contribution in [3.8, 4) is 0 Å². The van der Waals surface area contributed by atoms with Crippen LogP contribution < -0.4 is 5.43 Å². The molecule has 86 valence electrons. The van der Waals surface area contributed by atoms with Crippen molar-refractivity contribution in [3.63, 3.8) is 0 Å². The van der Waals surface area contributed by atoms with E-state index >= 15 is 0 Å². The third-order valence-corrected chi connectivity index (χ3v) is 2.56. The van der Waals surface area contributed by atoms with Gasteiger partial charge < -0.3 is 10.0 Å². The molecular formula is C10H19N3O2. The Kier molecular flexibility index (Phi) is 4.74. The normalized spacial score (nSPS) is 20.5. The van der Waals surface area contributed by atoms with Crippen LogP contribution in [0.4, 0.5) is 0 Å². The first-order chi connectivity index (χ1) is 7.09. The summed E-state index contributed by atoms with van der Waals surface area (Å²) in [5.41, 5.74) is 3.58. The molecule has 15 heavy (non-hydrogen) atoms. The van der Waals surface area contributed by atoms with Gasteiger partial charge in [-0.05, 0) is 14.0 Å². The lowest BCUT2D eigenvalue weighted by Gasteiger charge is -2.32. The highest BCUT2D eigenvalue weighted by Crippen LogP contribution is 1.96. The van der Waals surface area contributed by atoms with Gasteiger partial charge in [0.1, 0.15) is 0 Å². The molecular weight excluding hydrogens is 194 g/mol. The molecule has 1 aliphatic heterocycles. The van der Waals surface area contributed by atoms with Crippen LogP contribution in [0.3, 0.4) is 0 Å². The maximum Gasteiger partial charge on any atom is 0.330 e. The average molecular weight is 213 g/mol. The van der Waals surface area contributed by atoms with Crippen molar-refractivity contribution in [2.45, 2.75) is 6.92 Å². The summed E-state index contributed by atoms with van der Waals surface area (Å²) >= 11 is 0. The summed E-state index contributed by atoms with van der Waals surface area (Å²) in [6, 6.07) is 0. The first-order valence-corrected chi connectivity index (χ1v) is 5.16. The maximum absolute atomic E-state index is 10.5. The van der Waals surface area contributed by atoms with Crippen LogP contribution >= 0.6 is 0 Å². The Morgan fingerprint density at radius 1 is 1.40 bits per heavy atom. The fraction of sp³-hybridized carbons (Fsp3) is 0.700. The van der Waals surface area contributed by atoms with E-state index in [4.69, 9.17) is 5.11 Å². The van der Waals surface area contributed by atoms with Gasteiger partial charge in [-0.1, -0.05) is 6.08 Å². The molecule has 2 N–H and O–H groups in total. The fourth-order valence-electron chi connectivity index (χ4n) is 1.38. The Bertz CT molecular complexity index is 245. The highest BCUT2D eigenvalue weighted by atomic mass is 16.4. The zero-order chi connectivity index (χ0) is 11.3. The third kappa shape index (κ3) is 4.42. The molecule has 5 nitrogen and oxygen atoms in total. The van der Waals surface area contributed by atoms with Gasteiger partial charge in [0.2, 0.25) is 0 Å². The molecule has 0 unspecified atom stereocenters. The molecule has 0 aromatic carbocycles. The second-order valence-corrected chi connectivity index (χ2v) is 3.84. The minimum Gasteiger partial charge on any atom is -0.478 e. The van der Waals surface area contributed by atoms with Crippen LogP contribution in [0.1, 0.15) is 6.92 Å². The lowest BCUT2D eigenvalue weighted by molar-refractivity contribution is -0.132. The number of likely N-dealkylation sites (N-methyl/N-ethyl adjacent to an activating group) is 1. The predicted molar refractivity (Wildman–Crippen MR) is 58.5 cm³/mol. The smallest absolute Gasteiger partial charge is 0.330 e. The lowest BCUT2D eigenvalue weighted by Crippen LogP contribution is -2.50. The SMILES string of the molecule is C/C(=C/CNN1CCN(C)CC1)C(=O)O. The van der Waals surface area contributed by atoms with Crippen molar-refractivity contribution >= 4 is 5.97 Å². The van der Waals surface area contributed by atoms with Crippen molar-refractivity contribution in [2.24, 2.45) is 0 Å². The molecule has 1 fully saturated rings. The summed E-state index contributed by atoms with van der Waals surface area (Å²) in [4.78, 5) is 12.8. The molecule has 0 aromatic rings. The van der Waals surface area contributed by atoms with E-state index < -0.39 is 5.97 Å². The second-order valence-electron chi connectivity index (χ2n) is 3.84. The molecule has 1 rings (SSSR count). The van der Waals surface area contributed by atoms with E-state index in [0.29, 0.717) is 12.1 Å². The average Bonchev–Trinajstić information content (AvgIpc) is 2.20. The summed E-state index contributed by atoms with van der Waals surface area (Å²) in [6.07, 6.45) is 1.70. The number of carboxylic acids is 1. The quantitative estimate of drug-likeness (QED) is 0.632. The summed E-state index contributed by atoms with van der Waals surface area (Å²) in [5.74, 6) is -0.852. The number of hydrazine groups is 1. The largest absolute Gasteiger partial charge is 0.478 e. The highest BCUT2D eigenvalue weighted by molar-refractivity contribution is 5.85. The predicted octanol–water partition coefficient (Wildman–Crippen LogP) is -0.231. The molecule has 1 saturated heterocycles. The molecule has 0 atom stereocenters. The number of nitrogens with one attached hydrogen (secondary N) is 1. The van der Waals surface area contributed by atoms with Crippen molar-refractivity contribution < 1.29 is 9.90 Å². The van der Waals surface area contributed by atoms with E-state index in [9.17, 15) is 4.79 Å². The van der Waals surface area contributed by atoms with E-state index in [-0.39, 0.29) is 0 Å². The van der Waals surface area contributed by atoms with Gasteiger partial charge >= 0.3 is 5.97 Å². The molecule has 5 heteroatoms. The van der Waals surface area contributed by atoms with Gasteiger partial charge in [0.15, 0.2) is 0 Å². The number of aliphatic carboxylic acids is 1. The van der Waals surface area contributed by atoms with Crippen molar-refractivity contribution in [2.75, 3.05) is 39.8 Å². The van der Waals surface area contributed by atoms with Gasteiger partial charge in [-0.3, -0.25) is 5.43 Å². The monoisotopic (exact) mass is 213 g/mol. The van der Waals surface area contributed by atoms with E-state index in [0.717, 1.165) is 26.2 Å². The Hall–Kier alpha value is -0.910. The number of piperazine rings is 1. The number of carboxylic acid groups (broad SMARTS) is 1. The van der Waals surface area contributed by atoms with Gasteiger partial charge in [0, 0.05) is 38.3 Å². The minimum atomic E-state index is -0.852. The van der Waals surface area contributed by atoms with Gasteiger partial charge in [0.05, 0.1) is 0 Å². The molecule has 0 aromatic heterocycles. The molecule has 1 heterocycles. The van der Waals surface area contributed by atoms with Crippen LogP contribution in [0.5, 0.6) is 0 Å². The van der Waals surface area contributed by atoms with E-state index in [1.165, 1.54) is 0 Å². The molecule has 1 aliphatic rings. The number of hydrogen-bond acceptors (Lipinski definition) is 4. The topological polar surface area (TPSA) is 55.8 Å². The highest BCUT2D eigenvalue weighted by Gasteiger charge is 2.12. The molecule has 0 bridgehead atoms. The van der Waals surface area contributed by atoms with Crippen molar-refractivity contribution in [3.05, 3.63) is 11.6 Å². The fourth-order valence-corrected chi connectivity index (χ4v) is 1.38. The summed E-state index contributed by atoms with van der Waals surface area (Å²) in [7, 11) is 2.10. The third-order valence-electron chi connectivity index (χ3n) is 2.56. The first-order valence-electron chi connectivity index (χ1n) is 5.16. The van der Waals surface area contributed by atoms with Gasteiger partial charge in [0.25, 0.3) is 0 Å². The Labute approximate surface area is 90.3 Å². The maximum atomic E-state index is 10.5. The lowest BCUT2D eigenvalue weighted by atomic mass is 10.3. The Morgan fingerprint density at radius 2 is 2.00 bits per heavy atom. The van der Waals surface area contributed by atoms with Gasteiger partial charge in [-0.15, -0.1) is 0 Å². The van der Waals surface area contributed by atoms with Crippen LogP contribution in [-0.2, 0) is 4.79 Å². The van der Waals surface area contributed by atoms with E-state index in [1.807, 2.05) is 0 Å². The zero-order valence-electron chi connectivity index (χ0n) is 9.36. The van der Waals surface area contributed by atoms with E-state index in [2.05, 4.69) is 22.4 Å². The summed E-state index contributed by atoms with van der Waals surface area (Å²) in [6.45, 7) is 6.26. The molecule has 0 spiro atoms. The van der Waals surface area contributed by atoms with Crippen molar-refractivity contribution in [1.29, 1.82) is 0 Å². The Morgan fingerprint density at radius 3 is 2.53 bits per heavy atom. The first kappa shape index (κ1) is 12.2. The van der Waals surface area contributed by atoms with Crippen LogP contribution in [-0.4, -0.2) is 60.8 Å². The van der Waals surface area contributed by atoms with Crippen LogP contribution in [0.2, 0.25) is 0 Å². The summed E-state index contributed by atoms with van der Waals surface area (Å²) < 4.78 is 0. The number of rotatable bonds is 4. The number of nitrogens with zero attached hydrogens (tertiary/aromatic N) is 2. The molecule has 0 saturated carbocycles. The van der Waals surface area contributed by atoms with Gasteiger partial charge in [-0.25, -0.2) is 9.80 Å². The van der Waals surface area contributed by atoms with Crippen LogP contribution in [0, 0.1) is 0 Å². The summed E-state index contributed by atoms with van der Waals surface area (Å²) in [5, 5.41) is 10.8. The second kappa shape index (κ2) is 5.85. The number of carbonyl (C=O) groups is 1. The molecule has 0 radical (unpaired) electrons. The number of hydrogen-bond donors (Lipinski definition) is 2. The van der Waals surface area contributed by atoms with E-state index in [1.54, 1.807) is 13.0 Å². The van der Waals surface area contributed by atoms with Gasteiger partial charge in [-0.2, -0.15) is 0 Å². The molecule has 0 amide bonds. The zero-order valence-corrected chi connectivity index (χ0v) is 9.36. The standard InChI is InChI=1S/C10H19N3O2/c1-9(10(14)15)3-4-11-13-7-5-12(2)6-8-13/h3,11H,4-8H2,1-2H3,(H,14,15)/b9-3-. The Balaban J connectivity index is 2.20. The molecule has 0 aliphatic carbocycles.